The third kappa shape index (κ3) is 2.35. The summed E-state index contributed by atoms with van der Waals surface area (Å²) in [5, 5.41) is 14.2. The van der Waals surface area contributed by atoms with Gasteiger partial charge in [-0.2, -0.15) is 5.10 Å². The maximum atomic E-state index is 9.16. The van der Waals surface area contributed by atoms with Crippen LogP contribution in [0.3, 0.4) is 0 Å². The van der Waals surface area contributed by atoms with Gasteiger partial charge in [-0.15, -0.1) is 0 Å². The van der Waals surface area contributed by atoms with Crippen LogP contribution < -0.4 is 0 Å². The first-order chi connectivity index (χ1) is 8.13. The summed E-state index contributed by atoms with van der Waals surface area (Å²) >= 11 is 6.16. The summed E-state index contributed by atoms with van der Waals surface area (Å²) in [5.74, 6) is 0.319. The van der Waals surface area contributed by atoms with Crippen LogP contribution >= 0.6 is 11.6 Å². The average molecular weight is 251 g/mol. The summed E-state index contributed by atoms with van der Waals surface area (Å²) < 4.78 is 1.80. The van der Waals surface area contributed by atoms with Gasteiger partial charge in [-0.1, -0.05) is 37.6 Å². The molecule has 0 atom stereocenters. The zero-order valence-electron chi connectivity index (χ0n) is 9.89. The third-order valence-electron chi connectivity index (χ3n) is 2.62. The first kappa shape index (κ1) is 12.1. The second-order valence-corrected chi connectivity index (χ2v) is 4.64. The second kappa shape index (κ2) is 4.90. The van der Waals surface area contributed by atoms with Crippen molar-refractivity contribution < 1.29 is 5.11 Å². The molecular formula is C13H15ClN2O. The molecule has 90 valence electrons. The summed E-state index contributed by atoms with van der Waals surface area (Å²) in [5.41, 5.74) is 2.55. The first-order valence-electron chi connectivity index (χ1n) is 5.58. The molecule has 3 nitrogen and oxygen atoms in total. The molecule has 0 saturated carbocycles. The van der Waals surface area contributed by atoms with Crippen LogP contribution in [-0.2, 0) is 6.61 Å². The molecule has 1 heterocycles. The summed E-state index contributed by atoms with van der Waals surface area (Å²) in [6.07, 6.45) is 0. The van der Waals surface area contributed by atoms with E-state index in [2.05, 4.69) is 18.9 Å². The van der Waals surface area contributed by atoms with Crippen LogP contribution in [0.15, 0.2) is 30.3 Å². The van der Waals surface area contributed by atoms with E-state index in [1.807, 2.05) is 30.3 Å². The zero-order chi connectivity index (χ0) is 12.4. The molecule has 0 fully saturated rings. The van der Waals surface area contributed by atoms with Crippen LogP contribution in [0.4, 0.5) is 0 Å². The van der Waals surface area contributed by atoms with Gasteiger partial charge in [0.1, 0.15) is 0 Å². The Bertz CT molecular complexity index is 520. The Morgan fingerprint density at radius 3 is 2.65 bits per heavy atom. The van der Waals surface area contributed by atoms with Crippen molar-refractivity contribution in [2.24, 2.45) is 0 Å². The molecule has 2 aromatic rings. The minimum Gasteiger partial charge on any atom is -0.390 e. The Hall–Kier alpha value is -1.32. The van der Waals surface area contributed by atoms with Crippen LogP contribution in [0.25, 0.3) is 5.69 Å². The van der Waals surface area contributed by atoms with Gasteiger partial charge in [-0.3, -0.25) is 0 Å². The monoisotopic (exact) mass is 250 g/mol. The lowest BCUT2D eigenvalue weighted by Crippen LogP contribution is -2.04. The molecule has 0 aliphatic heterocycles. The van der Waals surface area contributed by atoms with E-state index in [4.69, 9.17) is 16.7 Å². The predicted octanol–water partition coefficient (Wildman–Crippen LogP) is 3.14. The van der Waals surface area contributed by atoms with Crippen molar-refractivity contribution in [3.63, 3.8) is 0 Å². The van der Waals surface area contributed by atoms with E-state index < -0.39 is 0 Å². The number of para-hydroxylation sites is 1. The maximum Gasteiger partial charge on any atom is 0.0886 e. The molecule has 1 aromatic heterocycles. The van der Waals surface area contributed by atoms with Crippen molar-refractivity contribution in [1.82, 2.24) is 9.78 Å². The summed E-state index contributed by atoms with van der Waals surface area (Å²) in [6.45, 7) is 4.12. The van der Waals surface area contributed by atoms with Gasteiger partial charge in [-0.25, -0.2) is 4.68 Å². The van der Waals surface area contributed by atoms with Crippen LogP contribution in [0, 0.1) is 0 Å². The molecule has 1 N–H and O–H groups in total. The van der Waals surface area contributed by atoms with Gasteiger partial charge in [0.2, 0.25) is 0 Å². The number of aliphatic hydroxyl groups is 1. The summed E-state index contributed by atoms with van der Waals surface area (Å²) in [6, 6.07) is 9.47. The van der Waals surface area contributed by atoms with Crippen molar-refractivity contribution in [2.75, 3.05) is 0 Å². The second-order valence-electron chi connectivity index (χ2n) is 4.24. The number of benzene rings is 1. The van der Waals surface area contributed by atoms with Crippen molar-refractivity contribution in [3.8, 4) is 5.69 Å². The summed E-state index contributed by atoms with van der Waals surface area (Å²) in [4.78, 5) is 0. The molecule has 0 unspecified atom stereocenters. The molecule has 0 spiro atoms. The van der Waals surface area contributed by atoms with E-state index in [1.54, 1.807) is 4.68 Å². The van der Waals surface area contributed by atoms with E-state index in [0.29, 0.717) is 16.6 Å². The fourth-order valence-electron chi connectivity index (χ4n) is 1.75. The van der Waals surface area contributed by atoms with Crippen molar-refractivity contribution in [1.29, 1.82) is 0 Å². The highest BCUT2D eigenvalue weighted by molar-refractivity contribution is 6.32. The molecule has 0 radical (unpaired) electrons. The number of hydrogen-bond donors (Lipinski definition) is 1. The van der Waals surface area contributed by atoms with Crippen LogP contribution in [-0.4, -0.2) is 14.9 Å². The van der Waals surface area contributed by atoms with Gasteiger partial charge in [0.05, 0.1) is 23.0 Å². The predicted molar refractivity (Wildman–Crippen MR) is 68.6 cm³/mol. The zero-order valence-corrected chi connectivity index (χ0v) is 10.6. The maximum absolute atomic E-state index is 9.16. The van der Waals surface area contributed by atoms with Crippen molar-refractivity contribution in [3.05, 3.63) is 46.7 Å². The smallest absolute Gasteiger partial charge is 0.0886 e. The van der Waals surface area contributed by atoms with Gasteiger partial charge in [0.25, 0.3) is 0 Å². The molecule has 0 amide bonds. The molecule has 1 aromatic carbocycles. The van der Waals surface area contributed by atoms with Crippen LogP contribution in [0.1, 0.15) is 31.2 Å². The lowest BCUT2D eigenvalue weighted by molar-refractivity contribution is 0.276. The Morgan fingerprint density at radius 2 is 2.06 bits per heavy atom. The van der Waals surface area contributed by atoms with Crippen molar-refractivity contribution in [2.45, 2.75) is 26.4 Å². The first-order valence-corrected chi connectivity index (χ1v) is 5.96. The van der Waals surface area contributed by atoms with Gasteiger partial charge < -0.3 is 5.11 Å². The standard InChI is InChI=1S/C13H15ClN2O/c1-9(2)13-7-10(8-17)15-16(13)12-6-4-3-5-11(12)14/h3-7,9,17H,8H2,1-2H3. The highest BCUT2D eigenvalue weighted by Crippen LogP contribution is 2.25. The number of nitrogens with zero attached hydrogens (tertiary/aromatic N) is 2. The molecule has 4 heteroatoms. The summed E-state index contributed by atoms with van der Waals surface area (Å²) in [7, 11) is 0. The molecule has 0 saturated heterocycles. The lowest BCUT2D eigenvalue weighted by Gasteiger charge is -2.11. The average Bonchev–Trinajstić information content (AvgIpc) is 2.73. The molecule has 0 aliphatic carbocycles. The molecule has 0 bridgehead atoms. The van der Waals surface area contributed by atoms with E-state index >= 15 is 0 Å². The number of rotatable bonds is 3. The number of aliphatic hydroxyl groups excluding tert-OH is 1. The lowest BCUT2D eigenvalue weighted by atomic mass is 10.1. The van der Waals surface area contributed by atoms with E-state index in [1.165, 1.54) is 0 Å². The minimum atomic E-state index is -0.0584. The van der Waals surface area contributed by atoms with Crippen LogP contribution in [0.5, 0.6) is 0 Å². The Morgan fingerprint density at radius 1 is 1.35 bits per heavy atom. The fraction of sp³-hybridized carbons (Fsp3) is 0.308. The van der Waals surface area contributed by atoms with Gasteiger partial charge in [0.15, 0.2) is 0 Å². The third-order valence-corrected chi connectivity index (χ3v) is 2.94. The Labute approximate surface area is 106 Å². The Balaban J connectivity index is 2.58. The van der Waals surface area contributed by atoms with E-state index in [0.717, 1.165) is 11.4 Å². The van der Waals surface area contributed by atoms with Crippen LogP contribution in [0.2, 0.25) is 5.02 Å². The SMILES string of the molecule is CC(C)c1cc(CO)nn1-c1ccccc1Cl. The van der Waals surface area contributed by atoms with Gasteiger partial charge in [0, 0.05) is 5.69 Å². The van der Waals surface area contributed by atoms with E-state index in [-0.39, 0.29) is 6.61 Å². The molecule has 0 aliphatic rings. The van der Waals surface area contributed by atoms with Crippen molar-refractivity contribution >= 4 is 11.6 Å². The van der Waals surface area contributed by atoms with Gasteiger partial charge >= 0.3 is 0 Å². The normalized spacial score (nSPS) is 11.1. The van der Waals surface area contributed by atoms with Gasteiger partial charge in [-0.05, 0) is 24.1 Å². The topological polar surface area (TPSA) is 38.1 Å². The van der Waals surface area contributed by atoms with E-state index in [9.17, 15) is 0 Å². The molecular weight excluding hydrogens is 236 g/mol. The minimum absolute atomic E-state index is 0.0584. The fourth-order valence-corrected chi connectivity index (χ4v) is 1.97. The quantitative estimate of drug-likeness (QED) is 0.909. The molecule has 2 rings (SSSR count). The number of hydrogen-bond acceptors (Lipinski definition) is 2. The molecule has 17 heavy (non-hydrogen) atoms. The highest BCUT2D eigenvalue weighted by atomic mass is 35.5. The number of halogens is 1. The largest absolute Gasteiger partial charge is 0.390 e. The Kier molecular flexibility index (Phi) is 3.50. The number of aromatic nitrogens is 2. The highest BCUT2D eigenvalue weighted by Gasteiger charge is 2.13.